The van der Waals surface area contributed by atoms with Crippen LogP contribution in [0.4, 0.5) is 16.3 Å². The quantitative estimate of drug-likeness (QED) is 0.468. The normalized spacial score (nSPS) is 18.1. The van der Waals surface area contributed by atoms with Gasteiger partial charge in [0.1, 0.15) is 5.82 Å². The Labute approximate surface area is 215 Å². The second kappa shape index (κ2) is 11.0. The van der Waals surface area contributed by atoms with Gasteiger partial charge in [-0.2, -0.15) is 5.10 Å². The van der Waals surface area contributed by atoms with Crippen LogP contribution in [0.25, 0.3) is 11.1 Å². The van der Waals surface area contributed by atoms with Gasteiger partial charge in [0, 0.05) is 75.0 Å². The van der Waals surface area contributed by atoms with Crippen molar-refractivity contribution in [3.05, 3.63) is 60.0 Å². The van der Waals surface area contributed by atoms with Gasteiger partial charge in [0.15, 0.2) is 0 Å². The van der Waals surface area contributed by atoms with Gasteiger partial charge in [0.05, 0.1) is 25.0 Å². The fourth-order valence-electron chi connectivity index (χ4n) is 4.68. The van der Waals surface area contributed by atoms with Gasteiger partial charge in [-0.1, -0.05) is 12.1 Å². The average Bonchev–Trinajstić information content (AvgIpc) is 3.54. The summed E-state index contributed by atoms with van der Waals surface area (Å²) in [6, 6.07) is 9.28. The number of rotatable bonds is 6. The van der Waals surface area contributed by atoms with E-state index in [1.165, 1.54) is 0 Å². The molecule has 194 valence electrons. The van der Waals surface area contributed by atoms with Gasteiger partial charge >= 0.3 is 6.03 Å². The van der Waals surface area contributed by atoms with E-state index in [4.69, 9.17) is 10.5 Å². The third kappa shape index (κ3) is 6.07. The molecule has 4 heterocycles. The van der Waals surface area contributed by atoms with Crippen molar-refractivity contribution in [2.45, 2.75) is 19.0 Å². The largest absolute Gasteiger partial charge is 0.383 e. The number of benzene rings is 1. The van der Waals surface area contributed by atoms with Crippen LogP contribution in [0.5, 0.6) is 0 Å². The van der Waals surface area contributed by atoms with Crippen molar-refractivity contribution >= 4 is 23.4 Å². The van der Waals surface area contributed by atoms with Crippen molar-refractivity contribution in [3.63, 3.8) is 0 Å². The first kappa shape index (κ1) is 24.7. The molecule has 5 rings (SSSR count). The molecule has 4 N–H and O–H groups in total. The zero-order chi connectivity index (χ0) is 25.8. The van der Waals surface area contributed by atoms with Gasteiger partial charge in [-0.15, -0.1) is 0 Å². The van der Waals surface area contributed by atoms with Crippen molar-refractivity contribution in [2.75, 3.05) is 50.4 Å². The molecule has 3 aromatic rings. The lowest BCUT2D eigenvalue weighted by molar-refractivity contribution is 0.0342. The summed E-state index contributed by atoms with van der Waals surface area (Å²) in [7, 11) is 1.83. The van der Waals surface area contributed by atoms with E-state index in [9.17, 15) is 9.59 Å². The monoisotopic (exact) mass is 504 g/mol. The molecule has 0 unspecified atom stereocenters. The molecular formula is C26H32N8O3. The van der Waals surface area contributed by atoms with Crippen LogP contribution in [0.15, 0.2) is 48.9 Å². The first-order valence-electron chi connectivity index (χ1n) is 12.4. The van der Waals surface area contributed by atoms with E-state index < -0.39 is 0 Å². The number of aryl methyl sites for hydroxylation is 1. The summed E-state index contributed by atoms with van der Waals surface area (Å²) in [5.74, 6) is -0.145. The SMILES string of the molecule is Cn1cc(-c2cnc(N)c(C(=O)N[C@@H]3CCN(C(=O)Nc4cccc(CN5CCOCC5)c4)C3)c2)cn1. The van der Waals surface area contributed by atoms with Gasteiger partial charge in [0.25, 0.3) is 5.91 Å². The minimum Gasteiger partial charge on any atom is -0.383 e. The molecule has 0 aliphatic carbocycles. The van der Waals surface area contributed by atoms with Crippen LogP contribution in [-0.2, 0) is 18.3 Å². The summed E-state index contributed by atoms with van der Waals surface area (Å²) in [4.78, 5) is 34.2. The lowest BCUT2D eigenvalue weighted by Gasteiger charge is -2.26. The standard InChI is InChI=1S/C26H32N8O3/c1-32-16-20(14-29-32)19-12-23(24(27)28-13-19)25(35)30-22-5-6-34(17-22)26(36)31-21-4-2-3-18(11-21)15-33-7-9-37-10-8-33/h2-4,11-14,16,22H,5-10,15,17H2,1H3,(H2,27,28)(H,30,35)(H,31,36)/t22-/m1/s1. The Kier molecular flexibility index (Phi) is 7.33. The lowest BCUT2D eigenvalue weighted by atomic mass is 10.1. The highest BCUT2D eigenvalue weighted by Gasteiger charge is 2.28. The fraction of sp³-hybridized carbons (Fsp3) is 0.385. The lowest BCUT2D eigenvalue weighted by Crippen LogP contribution is -2.40. The first-order chi connectivity index (χ1) is 17.9. The molecule has 0 saturated carbocycles. The highest BCUT2D eigenvalue weighted by molar-refractivity contribution is 5.99. The molecule has 11 nitrogen and oxygen atoms in total. The van der Waals surface area contributed by atoms with E-state index >= 15 is 0 Å². The number of pyridine rings is 1. The van der Waals surface area contributed by atoms with Crippen LogP contribution in [0.1, 0.15) is 22.3 Å². The van der Waals surface area contributed by atoms with E-state index in [1.807, 2.05) is 31.4 Å². The smallest absolute Gasteiger partial charge is 0.321 e. The minimum absolute atomic E-state index is 0.162. The molecule has 2 aliphatic heterocycles. The molecule has 2 aliphatic rings. The molecule has 1 atom stereocenters. The van der Waals surface area contributed by atoms with Gasteiger partial charge < -0.3 is 26.0 Å². The second-order valence-electron chi connectivity index (χ2n) is 9.48. The Balaban J connectivity index is 1.16. The van der Waals surface area contributed by atoms with Crippen LogP contribution >= 0.6 is 0 Å². The van der Waals surface area contributed by atoms with Crippen molar-refractivity contribution in [1.82, 2.24) is 29.9 Å². The average molecular weight is 505 g/mol. The molecule has 0 radical (unpaired) electrons. The molecule has 11 heteroatoms. The van der Waals surface area contributed by atoms with Crippen LogP contribution in [0.3, 0.4) is 0 Å². The number of morpholine rings is 1. The van der Waals surface area contributed by atoms with Gasteiger partial charge in [-0.3, -0.25) is 14.4 Å². The Bertz CT molecular complexity index is 1270. The number of urea groups is 1. The van der Waals surface area contributed by atoms with Crippen molar-refractivity contribution in [2.24, 2.45) is 7.05 Å². The predicted molar refractivity (Wildman–Crippen MR) is 140 cm³/mol. The Morgan fingerprint density at radius 2 is 1.97 bits per heavy atom. The molecule has 0 bridgehead atoms. The van der Waals surface area contributed by atoms with Crippen molar-refractivity contribution in [3.8, 4) is 11.1 Å². The van der Waals surface area contributed by atoms with Crippen molar-refractivity contribution < 1.29 is 14.3 Å². The third-order valence-electron chi connectivity index (χ3n) is 6.70. The highest BCUT2D eigenvalue weighted by Crippen LogP contribution is 2.22. The number of amides is 3. The summed E-state index contributed by atoms with van der Waals surface area (Å²) < 4.78 is 7.10. The first-order valence-corrected chi connectivity index (χ1v) is 12.4. The molecule has 37 heavy (non-hydrogen) atoms. The topological polar surface area (TPSA) is 131 Å². The molecule has 2 saturated heterocycles. The molecule has 3 amide bonds. The summed E-state index contributed by atoms with van der Waals surface area (Å²) in [5, 5.41) is 10.2. The maximum absolute atomic E-state index is 13.0. The van der Waals surface area contributed by atoms with E-state index in [0.29, 0.717) is 25.1 Å². The second-order valence-corrected chi connectivity index (χ2v) is 9.48. The third-order valence-corrected chi connectivity index (χ3v) is 6.70. The number of nitrogen functional groups attached to an aromatic ring is 1. The van der Waals surface area contributed by atoms with Gasteiger partial charge in [-0.25, -0.2) is 9.78 Å². The summed E-state index contributed by atoms with van der Waals surface area (Å²) in [5.41, 5.74) is 9.82. The molecular weight excluding hydrogens is 472 g/mol. The highest BCUT2D eigenvalue weighted by atomic mass is 16.5. The number of hydrogen-bond acceptors (Lipinski definition) is 7. The molecule has 1 aromatic carbocycles. The van der Waals surface area contributed by atoms with E-state index in [2.05, 4.69) is 31.7 Å². The number of aromatic nitrogens is 3. The number of nitrogens with two attached hydrogens (primary N) is 1. The Morgan fingerprint density at radius 1 is 1.14 bits per heavy atom. The summed E-state index contributed by atoms with van der Waals surface area (Å²) in [6.45, 7) is 5.11. The number of carbonyl (C=O) groups excluding carboxylic acids is 2. The number of nitrogens with one attached hydrogen (secondary N) is 2. The number of likely N-dealkylation sites (tertiary alicyclic amines) is 1. The maximum atomic E-state index is 13.0. The zero-order valence-electron chi connectivity index (χ0n) is 20.9. The number of nitrogens with zero attached hydrogens (tertiary/aromatic N) is 5. The maximum Gasteiger partial charge on any atom is 0.321 e. The van der Waals surface area contributed by atoms with Crippen LogP contribution in [0.2, 0.25) is 0 Å². The van der Waals surface area contributed by atoms with Crippen molar-refractivity contribution in [1.29, 1.82) is 0 Å². The minimum atomic E-state index is -0.307. The van der Waals surface area contributed by atoms with Crippen LogP contribution in [0, 0.1) is 0 Å². The molecule has 2 aromatic heterocycles. The van der Waals surface area contributed by atoms with Gasteiger partial charge in [0.2, 0.25) is 0 Å². The number of carbonyl (C=O) groups is 2. The van der Waals surface area contributed by atoms with Gasteiger partial charge in [-0.05, 0) is 30.2 Å². The number of anilines is 2. The predicted octanol–water partition coefficient (Wildman–Crippen LogP) is 1.93. The van der Waals surface area contributed by atoms with E-state index in [-0.39, 0.29) is 23.8 Å². The number of ether oxygens (including phenoxy) is 1. The van der Waals surface area contributed by atoms with Crippen LogP contribution in [-0.4, -0.2) is 81.9 Å². The fourth-order valence-corrected chi connectivity index (χ4v) is 4.68. The van der Waals surface area contributed by atoms with E-state index in [0.717, 1.165) is 55.2 Å². The Hall–Kier alpha value is -3.96. The summed E-state index contributed by atoms with van der Waals surface area (Å²) >= 11 is 0. The summed E-state index contributed by atoms with van der Waals surface area (Å²) in [6.07, 6.45) is 5.84. The Morgan fingerprint density at radius 3 is 2.76 bits per heavy atom. The van der Waals surface area contributed by atoms with E-state index in [1.54, 1.807) is 28.0 Å². The molecule has 2 fully saturated rings. The van der Waals surface area contributed by atoms with Crippen LogP contribution < -0.4 is 16.4 Å². The number of hydrogen-bond donors (Lipinski definition) is 3. The molecule has 0 spiro atoms. The zero-order valence-corrected chi connectivity index (χ0v) is 20.9.